The summed E-state index contributed by atoms with van der Waals surface area (Å²) in [6, 6.07) is 2.16. The highest BCUT2D eigenvalue weighted by atomic mass is 32.2. The summed E-state index contributed by atoms with van der Waals surface area (Å²) in [6.45, 7) is 3.69. The molecule has 1 aromatic heterocycles. The zero-order valence-electron chi connectivity index (χ0n) is 9.13. The molecule has 16 heavy (non-hydrogen) atoms. The Balaban J connectivity index is 3.20. The van der Waals surface area contributed by atoms with Crippen molar-refractivity contribution in [1.82, 2.24) is 0 Å². The summed E-state index contributed by atoms with van der Waals surface area (Å²) in [7, 11) is 0. The number of aromatic nitrogens is 1. The molecule has 0 atom stereocenters. The topological polar surface area (TPSA) is 26.9 Å². The SMILES string of the molecule is CSC(C)(C)c1ccc(C(F)(F)F)[n+]([O-])c1. The van der Waals surface area contributed by atoms with Gasteiger partial charge in [0.1, 0.15) is 0 Å². The largest absolute Gasteiger partial charge is 0.618 e. The molecule has 2 nitrogen and oxygen atoms in total. The van der Waals surface area contributed by atoms with Gasteiger partial charge in [0.15, 0.2) is 6.20 Å². The van der Waals surface area contributed by atoms with Crippen LogP contribution < -0.4 is 4.73 Å². The normalized spacial score (nSPS) is 12.9. The van der Waals surface area contributed by atoms with Crippen molar-refractivity contribution in [3.63, 3.8) is 0 Å². The molecule has 0 bridgehead atoms. The van der Waals surface area contributed by atoms with E-state index in [2.05, 4.69) is 0 Å². The standard InChI is InChI=1S/C10H12F3NOS/c1-9(2,16-3)7-4-5-8(10(11,12)13)14(15)6-7/h4-6H,1-3H3. The van der Waals surface area contributed by atoms with E-state index in [9.17, 15) is 18.4 Å². The minimum atomic E-state index is -4.61. The molecule has 0 aliphatic rings. The first-order valence-corrected chi connectivity index (χ1v) is 5.77. The Hall–Kier alpha value is -0.910. The van der Waals surface area contributed by atoms with E-state index >= 15 is 0 Å². The zero-order valence-corrected chi connectivity index (χ0v) is 9.95. The zero-order chi connectivity index (χ0) is 12.6. The van der Waals surface area contributed by atoms with Crippen molar-refractivity contribution in [2.24, 2.45) is 0 Å². The van der Waals surface area contributed by atoms with Gasteiger partial charge in [-0.2, -0.15) is 29.7 Å². The van der Waals surface area contributed by atoms with Crippen LogP contribution in [-0.4, -0.2) is 6.26 Å². The number of hydrogen-bond acceptors (Lipinski definition) is 2. The lowest BCUT2D eigenvalue weighted by Gasteiger charge is -2.21. The van der Waals surface area contributed by atoms with Gasteiger partial charge in [-0.1, -0.05) is 0 Å². The average Bonchev–Trinajstić information content (AvgIpc) is 2.15. The number of halogens is 3. The van der Waals surface area contributed by atoms with Crippen molar-refractivity contribution >= 4 is 11.8 Å². The third-order valence-corrected chi connectivity index (χ3v) is 3.67. The van der Waals surface area contributed by atoms with Crippen LogP contribution in [0.15, 0.2) is 18.3 Å². The number of thioether (sulfide) groups is 1. The highest BCUT2D eigenvalue weighted by Crippen LogP contribution is 2.34. The van der Waals surface area contributed by atoms with E-state index in [0.717, 1.165) is 12.3 Å². The first-order chi connectivity index (χ1) is 7.18. The van der Waals surface area contributed by atoms with Gasteiger partial charge >= 0.3 is 6.18 Å². The molecule has 0 aliphatic heterocycles. The van der Waals surface area contributed by atoms with E-state index < -0.39 is 11.9 Å². The van der Waals surface area contributed by atoms with E-state index in [-0.39, 0.29) is 9.48 Å². The predicted octanol–water partition coefficient (Wildman–Crippen LogP) is 2.94. The van der Waals surface area contributed by atoms with Crippen LogP contribution in [0.25, 0.3) is 0 Å². The van der Waals surface area contributed by atoms with Gasteiger partial charge in [-0.15, -0.1) is 0 Å². The third kappa shape index (κ3) is 2.61. The first kappa shape index (κ1) is 13.2. The quantitative estimate of drug-likeness (QED) is 0.597. The summed E-state index contributed by atoms with van der Waals surface area (Å²) in [5.74, 6) is 0. The fourth-order valence-corrected chi connectivity index (χ4v) is 1.53. The smallest absolute Gasteiger partial charge is 0.478 e. The molecule has 0 aromatic carbocycles. The fourth-order valence-electron chi connectivity index (χ4n) is 1.17. The third-order valence-electron chi connectivity index (χ3n) is 2.41. The van der Waals surface area contributed by atoms with Crippen molar-refractivity contribution in [2.75, 3.05) is 6.26 Å². The van der Waals surface area contributed by atoms with E-state index in [1.807, 2.05) is 20.1 Å². The van der Waals surface area contributed by atoms with Crippen LogP contribution in [0, 0.1) is 5.21 Å². The molecule has 1 rings (SSSR count). The number of alkyl halides is 3. The molecule has 0 saturated heterocycles. The maximum Gasteiger partial charge on any atom is 0.478 e. The Morgan fingerprint density at radius 2 is 1.81 bits per heavy atom. The molecular weight excluding hydrogens is 239 g/mol. The maximum absolute atomic E-state index is 12.3. The van der Waals surface area contributed by atoms with Crippen molar-refractivity contribution in [1.29, 1.82) is 0 Å². The molecule has 0 aliphatic carbocycles. The monoisotopic (exact) mass is 251 g/mol. The molecule has 6 heteroatoms. The van der Waals surface area contributed by atoms with Crippen LogP contribution in [0.1, 0.15) is 25.1 Å². The van der Waals surface area contributed by atoms with Crippen molar-refractivity contribution in [2.45, 2.75) is 24.8 Å². The van der Waals surface area contributed by atoms with Crippen LogP contribution in [-0.2, 0) is 10.9 Å². The molecule has 0 spiro atoms. The van der Waals surface area contributed by atoms with E-state index in [1.54, 1.807) is 0 Å². The number of rotatable bonds is 2. The highest BCUT2D eigenvalue weighted by Gasteiger charge is 2.40. The minimum Gasteiger partial charge on any atom is -0.618 e. The van der Waals surface area contributed by atoms with Crippen LogP contribution >= 0.6 is 11.8 Å². The minimum absolute atomic E-state index is 0.118. The molecule has 0 N–H and O–H groups in total. The summed E-state index contributed by atoms with van der Waals surface area (Å²) in [4.78, 5) is 0. The maximum atomic E-state index is 12.3. The van der Waals surface area contributed by atoms with Gasteiger partial charge in [-0.25, -0.2) is 0 Å². The Morgan fingerprint density at radius 3 is 2.19 bits per heavy atom. The van der Waals surface area contributed by atoms with Gasteiger partial charge in [0.25, 0.3) is 5.69 Å². The Morgan fingerprint density at radius 1 is 1.25 bits per heavy atom. The number of pyridine rings is 1. The molecule has 0 saturated carbocycles. The summed E-state index contributed by atoms with van der Waals surface area (Å²) in [5, 5.41) is 11.2. The van der Waals surface area contributed by atoms with Gasteiger partial charge in [-0.3, -0.25) is 0 Å². The molecule has 90 valence electrons. The van der Waals surface area contributed by atoms with Gasteiger partial charge in [0.05, 0.1) is 0 Å². The second-order valence-corrected chi connectivity index (χ2v) is 5.27. The lowest BCUT2D eigenvalue weighted by Crippen LogP contribution is -2.37. The van der Waals surface area contributed by atoms with Crippen LogP contribution in [0.4, 0.5) is 13.2 Å². The summed E-state index contributed by atoms with van der Waals surface area (Å²) < 4.78 is 36.5. The number of hydrogen-bond donors (Lipinski definition) is 0. The Labute approximate surface area is 96.1 Å². The van der Waals surface area contributed by atoms with Gasteiger partial charge in [0, 0.05) is 16.4 Å². The van der Waals surface area contributed by atoms with E-state index in [1.165, 1.54) is 17.8 Å². The van der Waals surface area contributed by atoms with Crippen molar-refractivity contribution in [3.05, 3.63) is 34.8 Å². The molecule has 0 radical (unpaired) electrons. The molecule has 0 amide bonds. The Bertz CT molecular complexity index is 390. The lowest BCUT2D eigenvalue weighted by molar-refractivity contribution is -0.629. The first-order valence-electron chi connectivity index (χ1n) is 4.54. The second-order valence-electron chi connectivity index (χ2n) is 3.84. The summed E-state index contributed by atoms with van der Waals surface area (Å²) >= 11 is 1.47. The average molecular weight is 251 g/mol. The van der Waals surface area contributed by atoms with Crippen LogP contribution in [0.3, 0.4) is 0 Å². The van der Waals surface area contributed by atoms with Crippen LogP contribution in [0.5, 0.6) is 0 Å². The Kier molecular flexibility index (Phi) is 3.42. The highest BCUT2D eigenvalue weighted by molar-refractivity contribution is 7.99. The number of nitrogens with zero attached hydrogens (tertiary/aromatic N) is 1. The molecule has 1 heterocycles. The summed E-state index contributed by atoms with van der Waals surface area (Å²) in [5.41, 5.74) is -0.615. The van der Waals surface area contributed by atoms with Crippen LogP contribution in [0.2, 0.25) is 0 Å². The van der Waals surface area contributed by atoms with E-state index in [4.69, 9.17) is 0 Å². The molecule has 0 unspecified atom stereocenters. The van der Waals surface area contributed by atoms with Gasteiger partial charge < -0.3 is 5.21 Å². The van der Waals surface area contributed by atoms with Gasteiger partial charge in [-0.05, 0) is 26.2 Å². The fraction of sp³-hybridized carbons (Fsp3) is 0.500. The van der Waals surface area contributed by atoms with E-state index in [0.29, 0.717) is 5.56 Å². The van der Waals surface area contributed by atoms with Gasteiger partial charge in [0.2, 0.25) is 0 Å². The summed E-state index contributed by atoms with van der Waals surface area (Å²) in [6.07, 6.45) is -1.78. The molecule has 0 fully saturated rings. The molecular formula is C10H12F3NOS. The molecule has 1 aromatic rings. The van der Waals surface area contributed by atoms with Crippen molar-refractivity contribution in [3.8, 4) is 0 Å². The second kappa shape index (κ2) is 4.16. The predicted molar refractivity (Wildman–Crippen MR) is 56.9 cm³/mol. The lowest BCUT2D eigenvalue weighted by atomic mass is 10.0. The van der Waals surface area contributed by atoms with Crippen molar-refractivity contribution < 1.29 is 17.9 Å².